The van der Waals surface area contributed by atoms with E-state index >= 15 is 0 Å². The Kier molecular flexibility index (Phi) is 5.47. The largest absolute Gasteiger partial charge is 0.249 e. The molecule has 0 N–H and O–H groups in total. The van der Waals surface area contributed by atoms with Crippen molar-refractivity contribution in [1.82, 2.24) is 0 Å². The van der Waals surface area contributed by atoms with Crippen LogP contribution in [0, 0.1) is 0 Å². The molecule has 0 atom stereocenters. The fourth-order valence-electron chi connectivity index (χ4n) is 0.542. The zero-order valence-corrected chi connectivity index (χ0v) is 8.74. The van der Waals surface area contributed by atoms with E-state index < -0.39 is 0 Å². The van der Waals surface area contributed by atoms with Gasteiger partial charge in [-0.25, -0.2) is 4.99 Å². The lowest BCUT2D eigenvalue weighted by Crippen LogP contribution is -1.91. The zero-order valence-electron chi connectivity index (χ0n) is 7.92. The molecule has 0 aliphatic carbocycles. The summed E-state index contributed by atoms with van der Waals surface area (Å²) in [7, 11) is 0. The predicted octanol–water partition coefficient (Wildman–Crippen LogP) is 3.41. The van der Waals surface area contributed by atoms with Crippen LogP contribution in [0.15, 0.2) is 41.6 Å². The number of nitrogens with zero attached hydrogens (tertiary/aromatic N) is 1. The van der Waals surface area contributed by atoms with Crippen molar-refractivity contribution in [3.05, 3.63) is 36.6 Å². The Morgan fingerprint density at radius 3 is 2.33 bits per heavy atom. The van der Waals surface area contributed by atoms with E-state index in [9.17, 15) is 0 Å². The Morgan fingerprint density at radius 2 is 2.00 bits per heavy atom. The van der Waals surface area contributed by atoms with Crippen molar-refractivity contribution < 1.29 is 0 Å². The van der Waals surface area contributed by atoms with Gasteiger partial charge in [0.25, 0.3) is 0 Å². The van der Waals surface area contributed by atoms with Crippen LogP contribution in [0.3, 0.4) is 0 Å². The maximum Gasteiger partial charge on any atom is 0.102 e. The Labute approximate surface area is 79.0 Å². The van der Waals surface area contributed by atoms with E-state index in [0.29, 0.717) is 0 Å². The standard InChI is InChI=1S/C10H15NS/c1-6-9(4)10(12-5)11-7-8(2)3/h6-7H,1,4H2,2-3,5H3. The molecule has 0 aliphatic heterocycles. The van der Waals surface area contributed by atoms with Gasteiger partial charge in [0, 0.05) is 6.20 Å². The third-order valence-electron chi connectivity index (χ3n) is 1.15. The molecule has 0 spiro atoms. The molecule has 12 heavy (non-hydrogen) atoms. The monoisotopic (exact) mass is 181 g/mol. The summed E-state index contributed by atoms with van der Waals surface area (Å²) in [6.07, 6.45) is 5.53. The molecule has 0 aliphatic rings. The van der Waals surface area contributed by atoms with Gasteiger partial charge in [-0.05, 0) is 25.7 Å². The van der Waals surface area contributed by atoms with Crippen molar-refractivity contribution in [2.24, 2.45) is 4.99 Å². The van der Waals surface area contributed by atoms with Gasteiger partial charge in [0.2, 0.25) is 0 Å². The number of rotatable bonds is 3. The maximum absolute atomic E-state index is 4.26. The molecule has 0 bridgehead atoms. The van der Waals surface area contributed by atoms with Crippen molar-refractivity contribution in [3.8, 4) is 0 Å². The van der Waals surface area contributed by atoms with Crippen LogP contribution in [-0.4, -0.2) is 11.3 Å². The Morgan fingerprint density at radius 1 is 1.42 bits per heavy atom. The molecule has 0 heterocycles. The first kappa shape index (κ1) is 11.2. The molecule has 0 unspecified atom stereocenters. The fraction of sp³-hybridized carbons (Fsp3) is 0.300. The van der Waals surface area contributed by atoms with E-state index in [2.05, 4.69) is 18.2 Å². The van der Waals surface area contributed by atoms with E-state index in [0.717, 1.165) is 10.6 Å². The molecule has 0 amide bonds. The molecule has 0 fully saturated rings. The third kappa shape index (κ3) is 4.19. The van der Waals surface area contributed by atoms with E-state index in [-0.39, 0.29) is 0 Å². The Hall–Kier alpha value is -0.760. The second-order valence-corrected chi connectivity index (χ2v) is 3.37. The highest BCUT2D eigenvalue weighted by molar-refractivity contribution is 8.13. The second-order valence-electron chi connectivity index (χ2n) is 2.57. The molecule has 2 heteroatoms. The first-order chi connectivity index (χ1) is 5.61. The van der Waals surface area contributed by atoms with E-state index in [1.165, 1.54) is 5.57 Å². The lowest BCUT2D eigenvalue weighted by atomic mass is 10.3. The molecule has 0 saturated heterocycles. The molecule has 0 aromatic rings. The van der Waals surface area contributed by atoms with Crippen molar-refractivity contribution in [1.29, 1.82) is 0 Å². The van der Waals surface area contributed by atoms with Crippen molar-refractivity contribution in [2.45, 2.75) is 13.8 Å². The highest BCUT2D eigenvalue weighted by atomic mass is 32.2. The Bertz CT molecular complexity index is 232. The quantitative estimate of drug-likeness (QED) is 0.369. The van der Waals surface area contributed by atoms with Crippen LogP contribution in [-0.2, 0) is 0 Å². The van der Waals surface area contributed by atoms with Gasteiger partial charge in [0.1, 0.15) is 5.04 Å². The first-order valence-electron chi connectivity index (χ1n) is 3.68. The number of hydrogen-bond acceptors (Lipinski definition) is 2. The molecule has 0 saturated carbocycles. The van der Waals surface area contributed by atoms with Crippen LogP contribution >= 0.6 is 11.8 Å². The van der Waals surface area contributed by atoms with Crippen molar-refractivity contribution >= 4 is 16.8 Å². The van der Waals surface area contributed by atoms with Gasteiger partial charge in [-0.1, -0.05) is 24.8 Å². The summed E-state index contributed by atoms with van der Waals surface area (Å²) in [6.45, 7) is 11.5. The van der Waals surface area contributed by atoms with Gasteiger partial charge >= 0.3 is 0 Å². The first-order valence-corrected chi connectivity index (χ1v) is 4.91. The summed E-state index contributed by atoms with van der Waals surface area (Å²) in [5.74, 6) is 0. The van der Waals surface area contributed by atoms with Crippen molar-refractivity contribution in [3.63, 3.8) is 0 Å². The number of aliphatic imine (C=N–C) groups is 1. The van der Waals surface area contributed by atoms with E-state index in [4.69, 9.17) is 0 Å². The number of allylic oxidation sites excluding steroid dienone is 2. The minimum Gasteiger partial charge on any atom is -0.249 e. The van der Waals surface area contributed by atoms with Gasteiger partial charge in [0.05, 0.1) is 0 Å². The SMILES string of the molecule is C=CC(=C)C(=NC=C(C)C)SC. The van der Waals surface area contributed by atoms with Crippen LogP contribution in [0.2, 0.25) is 0 Å². The molecule has 1 nitrogen and oxygen atoms in total. The lowest BCUT2D eigenvalue weighted by Gasteiger charge is -1.99. The molecule has 0 radical (unpaired) electrons. The molecule has 0 aromatic carbocycles. The molecule has 66 valence electrons. The van der Waals surface area contributed by atoms with Gasteiger partial charge in [-0.3, -0.25) is 0 Å². The highest BCUT2D eigenvalue weighted by Gasteiger charge is 1.96. The summed E-state index contributed by atoms with van der Waals surface area (Å²) in [4.78, 5) is 4.26. The molecular formula is C10H15NS. The van der Waals surface area contributed by atoms with E-state index in [1.807, 2.05) is 26.3 Å². The summed E-state index contributed by atoms with van der Waals surface area (Å²) in [5.41, 5.74) is 2.05. The van der Waals surface area contributed by atoms with Crippen LogP contribution in [0.4, 0.5) is 0 Å². The predicted molar refractivity (Wildman–Crippen MR) is 59.7 cm³/mol. The lowest BCUT2D eigenvalue weighted by molar-refractivity contribution is 1.34. The van der Waals surface area contributed by atoms with Gasteiger partial charge in [0.15, 0.2) is 0 Å². The normalized spacial score (nSPS) is 10.8. The van der Waals surface area contributed by atoms with Gasteiger partial charge in [-0.2, -0.15) is 0 Å². The average Bonchev–Trinajstić information content (AvgIpc) is 2.04. The van der Waals surface area contributed by atoms with Crippen LogP contribution in [0.1, 0.15) is 13.8 Å². The molecule has 0 rings (SSSR count). The van der Waals surface area contributed by atoms with Crippen LogP contribution in [0.5, 0.6) is 0 Å². The third-order valence-corrected chi connectivity index (χ3v) is 1.91. The van der Waals surface area contributed by atoms with Gasteiger partial charge < -0.3 is 0 Å². The highest BCUT2D eigenvalue weighted by Crippen LogP contribution is 2.09. The maximum atomic E-state index is 4.26. The summed E-state index contributed by atoms with van der Waals surface area (Å²) in [5, 5.41) is 0.922. The molecular weight excluding hydrogens is 166 g/mol. The Balaban J connectivity index is 4.54. The minimum absolute atomic E-state index is 0.875. The zero-order chi connectivity index (χ0) is 9.56. The van der Waals surface area contributed by atoms with Gasteiger partial charge in [-0.15, -0.1) is 11.8 Å². The average molecular weight is 181 g/mol. The van der Waals surface area contributed by atoms with Crippen LogP contribution < -0.4 is 0 Å². The second kappa shape index (κ2) is 5.84. The topological polar surface area (TPSA) is 12.4 Å². The summed E-state index contributed by atoms with van der Waals surface area (Å²) >= 11 is 1.58. The van der Waals surface area contributed by atoms with E-state index in [1.54, 1.807) is 17.8 Å². The van der Waals surface area contributed by atoms with Crippen molar-refractivity contribution in [2.75, 3.05) is 6.26 Å². The summed E-state index contributed by atoms with van der Waals surface area (Å²) in [6, 6.07) is 0. The smallest absolute Gasteiger partial charge is 0.102 e. The minimum atomic E-state index is 0.875. The summed E-state index contributed by atoms with van der Waals surface area (Å²) < 4.78 is 0. The number of thioether (sulfide) groups is 1. The molecule has 0 aromatic heterocycles. The van der Waals surface area contributed by atoms with Crippen LogP contribution in [0.25, 0.3) is 0 Å². The fourth-order valence-corrected chi connectivity index (χ4v) is 1.05. The number of hydrogen-bond donors (Lipinski definition) is 0.